The van der Waals surface area contributed by atoms with Gasteiger partial charge in [-0.2, -0.15) is 0 Å². The smallest absolute Gasteiger partial charge is 0.223 e. The average Bonchev–Trinajstić information content (AvgIpc) is 2.91. The van der Waals surface area contributed by atoms with Gasteiger partial charge in [-0.15, -0.1) is 0 Å². The molecule has 0 N–H and O–H groups in total. The van der Waals surface area contributed by atoms with Crippen LogP contribution in [-0.4, -0.2) is 17.4 Å². The minimum atomic E-state index is 0.287. The Balaban J connectivity index is 1.81. The third kappa shape index (κ3) is 2.23. The zero-order chi connectivity index (χ0) is 14.9. The van der Waals surface area contributed by atoms with E-state index in [1.54, 1.807) is 0 Å². The van der Waals surface area contributed by atoms with Crippen LogP contribution in [0.2, 0.25) is 0 Å². The Kier molecular flexibility index (Phi) is 3.45. The molecule has 0 aromatic heterocycles. The van der Waals surface area contributed by atoms with E-state index in [2.05, 4.69) is 59.5 Å². The first kappa shape index (κ1) is 13.6. The fourth-order valence-electron chi connectivity index (χ4n) is 4.12. The molecule has 22 heavy (non-hydrogen) atoms. The molecular formula is C20H21NO. The largest absolute Gasteiger partial charge is 0.336 e. The molecule has 2 aliphatic heterocycles. The molecule has 2 nitrogen and oxygen atoms in total. The van der Waals surface area contributed by atoms with Crippen LogP contribution in [0.15, 0.2) is 54.6 Å². The van der Waals surface area contributed by atoms with E-state index in [1.807, 2.05) is 0 Å². The van der Waals surface area contributed by atoms with Gasteiger partial charge in [0.1, 0.15) is 0 Å². The van der Waals surface area contributed by atoms with Crippen LogP contribution in [0.4, 0.5) is 0 Å². The maximum Gasteiger partial charge on any atom is 0.223 e. The molecule has 0 bridgehead atoms. The zero-order valence-electron chi connectivity index (χ0n) is 12.7. The summed E-state index contributed by atoms with van der Waals surface area (Å²) in [5.41, 5.74) is 4.17. The van der Waals surface area contributed by atoms with Gasteiger partial charge >= 0.3 is 0 Å². The minimum Gasteiger partial charge on any atom is -0.336 e. The Morgan fingerprint density at radius 3 is 2.41 bits per heavy atom. The lowest BCUT2D eigenvalue weighted by atomic mass is 9.81. The number of rotatable bonds is 1. The number of hydrogen-bond acceptors (Lipinski definition) is 1. The van der Waals surface area contributed by atoms with Crippen molar-refractivity contribution in [2.45, 2.75) is 37.6 Å². The van der Waals surface area contributed by atoms with Crippen molar-refractivity contribution in [1.82, 2.24) is 4.90 Å². The van der Waals surface area contributed by atoms with E-state index in [4.69, 9.17) is 0 Å². The topological polar surface area (TPSA) is 20.3 Å². The summed E-state index contributed by atoms with van der Waals surface area (Å²) < 4.78 is 0. The number of carbonyl (C=O) groups excluding carboxylic acids is 1. The Morgan fingerprint density at radius 1 is 0.864 bits per heavy atom. The van der Waals surface area contributed by atoms with Crippen molar-refractivity contribution >= 4 is 5.91 Å². The number of carbonyl (C=O) groups is 1. The van der Waals surface area contributed by atoms with Crippen LogP contribution in [0, 0.1) is 0 Å². The highest BCUT2D eigenvalue weighted by Crippen LogP contribution is 2.42. The fourth-order valence-corrected chi connectivity index (χ4v) is 4.12. The Bertz CT molecular complexity index is 679. The Hall–Kier alpha value is -2.09. The lowest BCUT2D eigenvalue weighted by Crippen LogP contribution is -2.31. The molecule has 1 amide bonds. The van der Waals surface area contributed by atoms with Crippen LogP contribution < -0.4 is 0 Å². The number of amides is 1. The summed E-state index contributed by atoms with van der Waals surface area (Å²) in [6.45, 7) is 0.904. The molecule has 2 heterocycles. The van der Waals surface area contributed by atoms with Crippen molar-refractivity contribution in [1.29, 1.82) is 0 Å². The van der Waals surface area contributed by atoms with Gasteiger partial charge in [0.05, 0.1) is 6.04 Å². The van der Waals surface area contributed by atoms with Crippen LogP contribution in [0.25, 0.3) is 0 Å². The summed E-state index contributed by atoms with van der Waals surface area (Å²) >= 11 is 0. The second-order valence-electron chi connectivity index (χ2n) is 6.38. The van der Waals surface area contributed by atoms with Crippen LogP contribution in [0.3, 0.4) is 0 Å². The molecule has 2 heteroatoms. The van der Waals surface area contributed by atoms with E-state index in [0.29, 0.717) is 18.2 Å². The monoisotopic (exact) mass is 291 g/mol. The molecule has 0 unspecified atom stereocenters. The van der Waals surface area contributed by atoms with Crippen LogP contribution >= 0.6 is 0 Å². The average molecular weight is 291 g/mol. The summed E-state index contributed by atoms with van der Waals surface area (Å²) in [5, 5.41) is 0. The van der Waals surface area contributed by atoms with Gasteiger partial charge in [0.2, 0.25) is 5.91 Å². The van der Waals surface area contributed by atoms with Gasteiger partial charge in [-0.3, -0.25) is 4.79 Å². The second kappa shape index (κ2) is 5.60. The predicted octanol–water partition coefficient (Wildman–Crippen LogP) is 4.28. The lowest BCUT2D eigenvalue weighted by Gasteiger charge is -2.33. The minimum absolute atomic E-state index is 0.287. The maximum absolute atomic E-state index is 12.2. The molecule has 0 spiro atoms. The summed E-state index contributed by atoms with van der Waals surface area (Å²) in [5.74, 6) is 0.785. The highest BCUT2D eigenvalue weighted by Gasteiger charge is 2.35. The van der Waals surface area contributed by atoms with Gasteiger partial charge in [-0.1, -0.05) is 54.6 Å². The fraction of sp³-hybridized carbons (Fsp3) is 0.350. The highest BCUT2D eigenvalue weighted by molar-refractivity contribution is 5.79. The van der Waals surface area contributed by atoms with Crippen molar-refractivity contribution in [3.63, 3.8) is 0 Å². The first-order valence-corrected chi connectivity index (χ1v) is 8.28. The normalized spacial score (nSPS) is 24.4. The van der Waals surface area contributed by atoms with Gasteiger partial charge < -0.3 is 4.90 Å². The van der Waals surface area contributed by atoms with E-state index >= 15 is 0 Å². The van der Waals surface area contributed by atoms with E-state index in [0.717, 1.165) is 25.8 Å². The van der Waals surface area contributed by atoms with Gasteiger partial charge in [0.15, 0.2) is 0 Å². The van der Waals surface area contributed by atoms with Gasteiger partial charge in [0, 0.05) is 18.9 Å². The molecule has 2 aromatic carbocycles. The van der Waals surface area contributed by atoms with E-state index < -0.39 is 0 Å². The first-order chi connectivity index (χ1) is 10.8. The first-order valence-electron chi connectivity index (χ1n) is 8.28. The summed E-state index contributed by atoms with van der Waals surface area (Å²) in [4.78, 5) is 14.3. The van der Waals surface area contributed by atoms with Crippen LogP contribution in [-0.2, 0) is 4.79 Å². The molecule has 0 aliphatic carbocycles. The summed E-state index contributed by atoms with van der Waals surface area (Å²) in [7, 11) is 0. The van der Waals surface area contributed by atoms with Crippen molar-refractivity contribution < 1.29 is 4.79 Å². The molecule has 1 fully saturated rings. The zero-order valence-corrected chi connectivity index (χ0v) is 12.7. The number of benzene rings is 2. The molecule has 112 valence electrons. The van der Waals surface area contributed by atoms with E-state index in [-0.39, 0.29) is 6.04 Å². The van der Waals surface area contributed by atoms with E-state index in [9.17, 15) is 4.79 Å². The molecule has 2 aliphatic rings. The molecule has 2 aromatic rings. The maximum atomic E-state index is 12.2. The van der Waals surface area contributed by atoms with Crippen molar-refractivity contribution in [3.05, 3.63) is 71.3 Å². The SMILES string of the molecule is O=C1CC[C@H]2c3ccccc3[C@@H](c3ccccc3)CCCN12. The summed E-state index contributed by atoms with van der Waals surface area (Å²) in [6, 6.07) is 19.8. The van der Waals surface area contributed by atoms with Crippen LogP contribution in [0.5, 0.6) is 0 Å². The van der Waals surface area contributed by atoms with Crippen molar-refractivity contribution in [3.8, 4) is 0 Å². The standard InChI is InChI=1S/C20H21NO/c22-20-13-12-19-18-10-5-4-9-17(18)16(11-6-14-21(19)20)15-7-2-1-3-8-15/h1-5,7-10,16,19H,6,11-14H2/t16-,19+/m1/s1. The lowest BCUT2D eigenvalue weighted by molar-refractivity contribution is -0.129. The molecule has 1 saturated heterocycles. The Labute approximate surface area is 131 Å². The van der Waals surface area contributed by atoms with Crippen LogP contribution in [0.1, 0.15) is 54.3 Å². The van der Waals surface area contributed by atoms with E-state index in [1.165, 1.54) is 16.7 Å². The molecule has 2 atom stereocenters. The van der Waals surface area contributed by atoms with Crippen molar-refractivity contribution in [2.24, 2.45) is 0 Å². The quantitative estimate of drug-likeness (QED) is 0.768. The van der Waals surface area contributed by atoms with Gasteiger partial charge in [-0.25, -0.2) is 0 Å². The van der Waals surface area contributed by atoms with Gasteiger partial charge in [0.25, 0.3) is 0 Å². The number of nitrogens with zero attached hydrogens (tertiary/aromatic N) is 1. The highest BCUT2D eigenvalue weighted by atomic mass is 16.2. The third-order valence-electron chi connectivity index (χ3n) is 5.15. The number of hydrogen-bond donors (Lipinski definition) is 0. The second-order valence-corrected chi connectivity index (χ2v) is 6.38. The molecule has 0 saturated carbocycles. The summed E-state index contributed by atoms with van der Waals surface area (Å²) in [6.07, 6.45) is 3.86. The third-order valence-corrected chi connectivity index (χ3v) is 5.15. The number of fused-ring (bicyclic) bond motifs is 3. The van der Waals surface area contributed by atoms with Gasteiger partial charge in [-0.05, 0) is 36.0 Å². The van der Waals surface area contributed by atoms with Crippen molar-refractivity contribution in [2.75, 3.05) is 6.54 Å². The Morgan fingerprint density at radius 2 is 1.59 bits per heavy atom. The molecule has 0 radical (unpaired) electrons. The molecule has 4 rings (SSSR count). The predicted molar refractivity (Wildman–Crippen MR) is 87.6 cm³/mol. The molecular weight excluding hydrogens is 270 g/mol.